The lowest BCUT2D eigenvalue weighted by Gasteiger charge is -2.24. The molecule has 1 amide bonds. The molecule has 1 aliphatic carbocycles. The Bertz CT molecular complexity index is 811. The maximum Gasteiger partial charge on any atom is 0.271 e. The molecule has 0 aliphatic heterocycles. The largest absolute Gasteiger partial charge is 0.396 e. The molecule has 0 radical (unpaired) electrons. The van der Waals surface area contributed by atoms with Gasteiger partial charge in [0, 0.05) is 35.3 Å². The number of carbonyl (C=O) groups excluding carboxylic acids is 1. The Hall–Kier alpha value is -1.73. The predicted octanol–water partition coefficient (Wildman–Crippen LogP) is 2.04. The van der Waals surface area contributed by atoms with E-state index in [0.717, 1.165) is 42.7 Å². The molecule has 130 valence electrons. The number of aliphatic hydroxyl groups excluding tert-OH is 1. The van der Waals surface area contributed by atoms with Gasteiger partial charge in [-0.3, -0.25) is 14.0 Å². The molecule has 0 saturated heterocycles. The molecule has 0 bridgehead atoms. The summed E-state index contributed by atoms with van der Waals surface area (Å²) < 4.78 is 1.51. The lowest BCUT2D eigenvalue weighted by atomic mass is 9.95. The molecule has 0 spiro atoms. The summed E-state index contributed by atoms with van der Waals surface area (Å²) in [6, 6.07) is -0.0876. The molecule has 1 fully saturated rings. The van der Waals surface area contributed by atoms with Crippen LogP contribution in [0.25, 0.3) is 4.96 Å². The smallest absolute Gasteiger partial charge is 0.271 e. The van der Waals surface area contributed by atoms with Crippen molar-refractivity contribution in [3.05, 3.63) is 32.7 Å². The van der Waals surface area contributed by atoms with Gasteiger partial charge in [0.25, 0.3) is 11.5 Å². The first kappa shape index (κ1) is 17.1. The summed E-state index contributed by atoms with van der Waals surface area (Å²) in [4.78, 5) is 31.2. The third kappa shape index (κ3) is 3.10. The molecule has 1 saturated carbocycles. The molecule has 2 unspecified atom stereocenters. The van der Waals surface area contributed by atoms with Crippen LogP contribution in [0.3, 0.4) is 0 Å². The van der Waals surface area contributed by atoms with Crippen LogP contribution >= 0.6 is 11.3 Å². The number of hydrogen-bond acceptors (Lipinski definition) is 5. The van der Waals surface area contributed by atoms with Gasteiger partial charge >= 0.3 is 0 Å². The Kier molecular flexibility index (Phi) is 5.01. The summed E-state index contributed by atoms with van der Waals surface area (Å²) in [6.07, 6.45) is 6.33. The molecule has 1 aliphatic rings. The van der Waals surface area contributed by atoms with Crippen LogP contribution in [0.2, 0.25) is 0 Å². The number of nitrogens with one attached hydrogen (secondary N) is 1. The summed E-state index contributed by atoms with van der Waals surface area (Å²) in [5, 5.41) is 12.5. The number of thiazole rings is 1. The summed E-state index contributed by atoms with van der Waals surface area (Å²) in [7, 11) is 0. The van der Waals surface area contributed by atoms with E-state index in [1.54, 1.807) is 0 Å². The van der Waals surface area contributed by atoms with Gasteiger partial charge in [-0.15, -0.1) is 11.3 Å². The van der Waals surface area contributed by atoms with E-state index >= 15 is 0 Å². The van der Waals surface area contributed by atoms with E-state index in [-0.39, 0.29) is 29.7 Å². The van der Waals surface area contributed by atoms with Crippen LogP contribution < -0.4 is 10.9 Å². The first-order chi connectivity index (χ1) is 11.5. The zero-order valence-corrected chi connectivity index (χ0v) is 14.9. The second-order valence-corrected chi connectivity index (χ2v) is 7.68. The van der Waals surface area contributed by atoms with Crippen LogP contribution in [0.15, 0.2) is 11.0 Å². The number of aliphatic hydroxyl groups is 1. The molecule has 2 aromatic rings. The van der Waals surface area contributed by atoms with E-state index in [1.165, 1.54) is 21.9 Å². The molecular formula is C17H23N3O3S. The Morgan fingerprint density at radius 2 is 2.12 bits per heavy atom. The number of aryl methyl sites for hydroxylation is 2. The Morgan fingerprint density at radius 3 is 2.88 bits per heavy atom. The van der Waals surface area contributed by atoms with Crippen molar-refractivity contribution in [3.63, 3.8) is 0 Å². The van der Waals surface area contributed by atoms with Crippen molar-refractivity contribution in [2.45, 2.75) is 52.0 Å². The van der Waals surface area contributed by atoms with Gasteiger partial charge in [0.2, 0.25) is 0 Å². The van der Waals surface area contributed by atoms with Crippen LogP contribution in [0, 0.1) is 19.8 Å². The van der Waals surface area contributed by atoms with Crippen molar-refractivity contribution in [2.75, 3.05) is 6.61 Å². The van der Waals surface area contributed by atoms with Crippen molar-refractivity contribution in [1.82, 2.24) is 14.7 Å². The van der Waals surface area contributed by atoms with E-state index in [9.17, 15) is 14.7 Å². The van der Waals surface area contributed by atoms with Crippen molar-refractivity contribution in [3.8, 4) is 0 Å². The van der Waals surface area contributed by atoms with Gasteiger partial charge in [0.1, 0.15) is 5.56 Å². The van der Waals surface area contributed by atoms with Crippen LogP contribution in [-0.2, 0) is 0 Å². The fourth-order valence-electron chi connectivity index (χ4n) is 3.37. The molecule has 2 heterocycles. The number of fused-ring (bicyclic) bond motifs is 1. The highest BCUT2D eigenvalue weighted by molar-refractivity contribution is 7.17. The summed E-state index contributed by atoms with van der Waals surface area (Å²) in [5.74, 6) is -0.337. The summed E-state index contributed by atoms with van der Waals surface area (Å²) in [5.41, 5.74) is 0.563. The number of carbonyl (C=O) groups is 1. The zero-order valence-electron chi connectivity index (χ0n) is 14.0. The first-order valence-corrected chi connectivity index (χ1v) is 9.24. The maximum absolute atomic E-state index is 12.7. The molecule has 3 rings (SSSR count). The average Bonchev–Trinajstić information content (AvgIpc) is 2.73. The fraction of sp³-hybridized carbons (Fsp3) is 0.588. The molecule has 2 N–H and O–H groups in total. The van der Waals surface area contributed by atoms with Gasteiger partial charge in [0.05, 0.1) is 0 Å². The fourth-order valence-corrected chi connectivity index (χ4v) is 4.30. The summed E-state index contributed by atoms with van der Waals surface area (Å²) in [6.45, 7) is 3.85. The average molecular weight is 349 g/mol. The minimum Gasteiger partial charge on any atom is -0.396 e. The predicted molar refractivity (Wildman–Crippen MR) is 93.7 cm³/mol. The topological polar surface area (TPSA) is 83.7 Å². The van der Waals surface area contributed by atoms with E-state index in [1.807, 2.05) is 13.8 Å². The maximum atomic E-state index is 12.7. The first-order valence-electron chi connectivity index (χ1n) is 8.42. The standard InChI is InChI=1S/C17H23N3O3S/c1-10-11(2)24-17-18-8-13(16(23)20(10)17)15(22)19-14-7-5-3-4-6-12(14)9-21/h8,12,14,21H,3-7,9H2,1-2H3,(H,19,22). The summed E-state index contributed by atoms with van der Waals surface area (Å²) >= 11 is 1.44. The van der Waals surface area contributed by atoms with Gasteiger partial charge < -0.3 is 10.4 Å². The molecule has 0 aromatic carbocycles. The molecular weight excluding hydrogens is 326 g/mol. The molecule has 24 heavy (non-hydrogen) atoms. The molecule has 7 heteroatoms. The van der Waals surface area contributed by atoms with E-state index < -0.39 is 5.91 Å². The van der Waals surface area contributed by atoms with Gasteiger partial charge in [-0.05, 0) is 26.7 Å². The van der Waals surface area contributed by atoms with Crippen LogP contribution in [0.4, 0.5) is 0 Å². The van der Waals surface area contributed by atoms with Crippen LogP contribution in [0.5, 0.6) is 0 Å². The highest BCUT2D eigenvalue weighted by Gasteiger charge is 2.26. The van der Waals surface area contributed by atoms with E-state index in [2.05, 4.69) is 10.3 Å². The van der Waals surface area contributed by atoms with Crippen molar-refractivity contribution in [2.24, 2.45) is 5.92 Å². The Labute approximate surface area is 144 Å². The third-order valence-corrected chi connectivity index (χ3v) is 6.05. The molecule has 2 aromatic heterocycles. The van der Waals surface area contributed by atoms with Gasteiger partial charge in [-0.1, -0.05) is 19.3 Å². The minimum atomic E-state index is -0.393. The number of aromatic nitrogens is 2. The Morgan fingerprint density at radius 1 is 1.38 bits per heavy atom. The second kappa shape index (κ2) is 7.03. The van der Waals surface area contributed by atoms with E-state index in [0.29, 0.717) is 4.96 Å². The van der Waals surface area contributed by atoms with Gasteiger partial charge in [0.15, 0.2) is 4.96 Å². The lowest BCUT2D eigenvalue weighted by Crippen LogP contribution is -2.43. The van der Waals surface area contributed by atoms with Crippen LogP contribution in [-0.4, -0.2) is 33.0 Å². The quantitative estimate of drug-likeness (QED) is 0.831. The van der Waals surface area contributed by atoms with Gasteiger partial charge in [-0.25, -0.2) is 4.98 Å². The Balaban J connectivity index is 1.89. The highest BCUT2D eigenvalue weighted by atomic mass is 32.1. The highest BCUT2D eigenvalue weighted by Crippen LogP contribution is 2.23. The van der Waals surface area contributed by atoms with Crippen molar-refractivity contribution < 1.29 is 9.90 Å². The number of hydrogen-bond donors (Lipinski definition) is 2. The SMILES string of the molecule is Cc1sc2ncc(C(=O)NC3CCCCCC3CO)c(=O)n2c1C. The van der Waals surface area contributed by atoms with Crippen LogP contribution in [0.1, 0.15) is 53.0 Å². The number of rotatable bonds is 3. The lowest BCUT2D eigenvalue weighted by molar-refractivity contribution is 0.0897. The van der Waals surface area contributed by atoms with Gasteiger partial charge in [-0.2, -0.15) is 0 Å². The van der Waals surface area contributed by atoms with E-state index in [4.69, 9.17) is 0 Å². The number of amides is 1. The minimum absolute atomic E-state index is 0.0565. The molecule has 2 atom stereocenters. The second-order valence-electron chi connectivity index (χ2n) is 6.50. The number of nitrogens with zero attached hydrogens (tertiary/aromatic N) is 2. The van der Waals surface area contributed by atoms with Crippen molar-refractivity contribution >= 4 is 22.2 Å². The molecule has 6 nitrogen and oxygen atoms in total. The zero-order chi connectivity index (χ0) is 17.3. The monoisotopic (exact) mass is 349 g/mol. The normalized spacial score (nSPS) is 21.6. The third-order valence-electron chi connectivity index (χ3n) is 4.97. The van der Waals surface area contributed by atoms with Crippen molar-refractivity contribution in [1.29, 1.82) is 0 Å².